The van der Waals surface area contributed by atoms with Gasteiger partial charge in [-0.25, -0.2) is 8.42 Å². The summed E-state index contributed by atoms with van der Waals surface area (Å²) in [5.41, 5.74) is 1.95. The lowest BCUT2D eigenvalue weighted by Gasteiger charge is -2.29. The minimum Gasteiger partial charge on any atom is -0.368 e. The highest BCUT2D eigenvalue weighted by molar-refractivity contribution is 7.91. The average molecular weight is 365 g/mol. The molecule has 132 valence electrons. The summed E-state index contributed by atoms with van der Waals surface area (Å²) in [5.74, 6) is 0.711. The number of nitrogens with zero attached hydrogens (tertiary/aromatic N) is 2. The largest absolute Gasteiger partial charge is 0.368 e. The Balaban J connectivity index is 1.57. The smallest absolute Gasteiger partial charge is 0.208 e. The summed E-state index contributed by atoms with van der Waals surface area (Å²) in [6.07, 6.45) is 1.48. The van der Waals surface area contributed by atoms with Crippen LogP contribution in [0.15, 0.2) is 70.6 Å². The van der Waals surface area contributed by atoms with Crippen molar-refractivity contribution in [2.75, 3.05) is 24.5 Å². The summed E-state index contributed by atoms with van der Waals surface area (Å²) in [5, 5.41) is 4.31. The zero-order valence-corrected chi connectivity index (χ0v) is 15.0. The maximum atomic E-state index is 12.9. The third-order valence-corrected chi connectivity index (χ3v) is 7.19. The number of anilines is 1. The van der Waals surface area contributed by atoms with E-state index in [9.17, 15) is 8.42 Å². The molecule has 1 aromatic heterocycles. The molecule has 2 atom stereocenters. The van der Waals surface area contributed by atoms with E-state index in [1.165, 1.54) is 6.20 Å². The first kappa shape index (κ1) is 15.8. The lowest BCUT2D eigenvalue weighted by Crippen LogP contribution is -2.51. The predicted octanol–water partition coefficient (Wildman–Crippen LogP) is 2.48. The molecule has 2 fully saturated rings. The molecule has 26 heavy (non-hydrogen) atoms. The van der Waals surface area contributed by atoms with Crippen LogP contribution in [0, 0.1) is 5.92 Å². The molecule has 5 rings (SSSR count). The fourth-order valence-electron chi connectivity index (χ4n) is 3.91. The van der Waals surface area contributed by atoms with Crippen LogP contribution >= 0.6 is 0 Å². The van der Waals surface area contributed by atoms with Gasteiger partial charge in [0, 0.05) is 43.2 Å². The lowest BCUT2D eigenvalue weighted by molar-refractivity contribution is 0.297. The number of fused-ring (bicyclic) bond motifs is 2. The van der Waals surface area contributed by atoms with Crippen LogP contribution in [0.4, 0.5) is 5.69 Å². The summed E-state index contributed by atoms with van der Waals surface area (Å²) in [6.45, 7) is 3.09. The van der Waals surface area contributed by atoms with Gasteiger partial charge in [-0.15, -0.1) is 0 Å². The fraction of sp³-hybridized carbons (Fsp3) is 0.250. The molecule has 5 nitrogen and oxygen atoms in total. The van der Waals surface area contributed by atoms with Crippen molar-refractivity contribution < 1.29 is 8.42 Å². The maximum absolute atomic E-state index is 12.9. The number of para-hydroxylation sites is 1. The third kappa shape index (κ3) is 2.40. The summed E-state index contributed by atoms with van der Waals surface area (Å²) in [6, 6.07) is 16.8. The first-order valence-electron chi connectivity index (χ1n) is 8.80. The molecule has 2 saturated heterocycles. The van der Waals surface area contributed by atoms with Gasteiger partial charge in [-0.1, -0.05) is 30.3 Å². The number of rotatable bonds is 3. The molecule has 0 unspecified atom stereocenters. The first-order valence-corrected chi connectivity index (χ1v) is 10.3. The van der Waals surface area contributed by atoms with Crippen molar-refractivity contribution in [3.05, 3.63) is 60.8 Å². The molecule has 0 aliphatic carbocycles. The Hall–Kier alpha value is -2.44. The van der Waals surface area contributed by atoms with E-state index in [2.05, 4.69) is 21.3 Å². The number of hydrogen-bond acceptors (Lipinski definition) is 5. The van der Waals surface area contributed by atoms with E-state index < -0.39 is 9.84 Å². The Morgan fingerprint density at radius 3 is 2.54 bits per heavy atom. The zero-order valence-electron chi connectivity index (χ0n) is 14.2. The van der Waals surface area contributed by atoms with E-state index in [0.717, 1.165) is 36.2 Å². The molecule has 0 spiro atoms. The molecule has 0 radical (unpaired) electrons. The van der Waals surface area contributed by atoms with Crippen molar-refractivity contribution in [2.24, 2.45) is 5.92 Å². The van der Waals surface area contributed by atoms with Crippen molar-refractivity contribution >= 4 is 26.4 Å². The second-order valence-corrected chi connectivity index (χ2v) is 8.97. The van der Waals surface area contributed by atoms with Crippen LogP contribution < -0.4 is 10.2 Å². The van der Waals surface area contributed by atoms with Crippen LogP contribution in [0.25, 0.3) is 10.9 Å². The van der Waals surface area contributed by atoms with Crippen LogP contribution in [0.1, 0.15) is 0 Å². The Bertz CT molecular complexity index is 1070. The molecule has 2 aliphatic rings. The van der Waals surface area contributed by atoms with Gasteiger partial charge in [0.15, 0.2) is 0 Å². The minimum atomic E-state index is -3.56. The van der Waals surface area contributed by atoms with Crippen LogP contribution in [0.2, 0.25) is 0 Å². The van der Waals surface area contributed by atoms with Gasteiger partial charge < -0.3 is 10.2 Å². The molecule has 0 amide bonds. The molecular weight excluding hydrogens is 346 g/mol. The van der Waals surface area contributed by atoms with Gasteiger partial charge in [-0.2, -0.15) is 0 Å². The Labute approximate surface area is 152 Å². The normalized spacial score (nSPS) is 22.2. The molecule has 1 N–H and O–H groups in total. The zero-order chi connectivity index (χ0) is 17.7. The standard InChI is InChI=1S/C20H19N3O2S/c24-26(25,16-6-2-1-3-7-16)17-9-14-5-4-8-19(20(14)22-11-17)23-12-15-10-21-18(15)13-23/h1-9,11,15,18,21H,10,12-13H2/t15-,18+/m0/s1. The van der Waals surface area contributed by atoms with Crippen molar-refractivity contribution in [1.82, 2.24) is 10.3 Å². The van der Waals surface area contributed by atoms with Gasteiger partial charge in [-0.05, 0) is 24.3 Å². The molecule has 0 saturated carbocycles. The monoisotopic (exact) mass is 365 g/mol. The predicted molar refractivity (Wildman–Crippen MR) is 101 cm³/mol. The number of nitrogens with one attached hydrogen (secondary N) is 1. The Kier molecular flexibility index (Phi) is 3.52. The van der Waals surface area contributed by atoms with E-state index >= 15 is 0 Å². The highest BCUT2D eigenvalue weighted by Gasteiger charge is 2.39. The van der Waals surface area contributed by atoms with Crippen LogP contribution in [-0.2, 0) is 9.84 Å². The van der Waals surface area contributed by atoms with Crippen molar-refractivity contribution in [1.29, 1.82) is 0 Å². The summed E-state index contributed by atoms with van der Waals surface area (Å²) < 4.78 is 25.7. The van der Waals surface area contributed by atoms with E-state index in [-0.39, 0.29) is 4.90 Å². The van der Waals surface area contributed by atoms with E-state index in [4.69, 9.17) is 0 Å². The van der Waals surface area contributed by atoms with Gasteiger partial charge >= 0.3 is 0 Å². The molecule has 3 heterocycles. The highest BCUT2D eigenvalue weighted by atomic mass is 32.2. The summed E-state index contributed by atoms with van der Waals surface area (Å²) in [4.78, 5) is 7.43. The molecular formula is C20H19N3O2S. The molecule has 3 aromatic rings. The quantitative estimate of drug-likeness (QED) is 0.773. The lowest BCUT2D eigenvalue weighted by atomic mass is 9.96. The topological polar surface area (TPSA) is 62.3 Å². The SMILES string of the molecule is O=S(=O)(c1ccccc1)c1cnc2c(N3C[C@@H]4CN[C@@H]4C3)cccc2c1. The molecule has 0 bridgehead atoms. The minimum absolute atomic E-state index is 0.233. The van der Waals surface area contributed by atoms with Gasteiger partial charge in [0.25, 0.3) is 0 Å². The van der Waals surface area contributed by atoms with Gasteiger partial charge in [0.2, 0.25) is 9.84 Å². The molecule has 2 aromatic carbocycles. The maximum Gasteiger partial charge on any atom is 0.208 e. The molecule has 2 aliphatic heterocycles. The van der Waals surface area contributed by atoms with Gasteiger partial charge in [-0.3, -0.25) is 4.98 Å². The van der Waals surface area contributed by atoms with E-state index in [1.807, 2.05) is 18.2 Å². The second kappa shape index (κ2) is 5.79. The summed E-state index contributed by atoms with van der Waals surface area (Å²) >= 11 is 0. The Morgan fingerprint density at radius 1 is 1.00 bits per heavy atom. The summed E-state index contributed by atoms with van der Waals surface area (Å²) in [7, 11) is -3.56. The molecule has 6 heteroatoms. The van der Waals surface area contributed by atoms with E-state index in [1.54, 1.807) is 30.3 Å². The van der Waals surface area contributed by atoms with Crippen molar-refractivity contribution in [3.63, 3.8) is 0 Å². The van der Waals surface area contributed by atoms with Crippen LogP contribution in [0.3, 0.4) is 0 Å². The van der Waals surface area contributed by atoms with Gasteiger partial charge in [0.1, 0.15) is 0 Å². The number of benzene rings is 2. The Morgan fingerprint density at radius 2 is 1.85 bits per heavy atom. The van der Waals surface area contributed by atoms with Crippen LogP contribution in [0.5, 0.6) is 0 Å². The first-order chi connectivity index (χ1) is 12.6. The average Bonchev–Trinajstić information content (AvgIpc) is 2.96. The van der Waals surface area contributed by atoms with Gasteiger partial charge in [0.05, 0.1) is 21.0 Å². The second-order valence-electron chi connectivity index (χ2n) is 7.02. The van der Waals surface area contributed by atoms with E-state index in [0.29, 0.717) is 16.9 Å². The number of sulfone groups is 1. The highest BCUT2D eigenvalue weighted by Crippen LogP contribution is 2.33. The van der Waals surface area contributed by atoms with Crippen LogP contribution in [-0.4, -0.2) is 39.1 Å². The third-order valence-electron chi connectivity index (χ3n) is 5.45. The fourth-order valence-corrected chi connectivity index (χ4v) is 5.17. The van der Waals surface area contributed by atoms with Crippen molar-refractivity contribution in [2.45, 2.75) is 15.8 Å². The van der Waals surface area contributed by atoms with Crippen molar-refractivity contribution in [3.8, 4) is 0 Å². The number of hydrogen-bond donors (Lipinski definition) is 1. The number of pyridine rings is 1. The number of aromatic nitrogens is 1.